The van der Waals surface area contributed by atoms with Gasteiger partial charge in [-0.3, -0.25) is 0 Å². The lowest BCUT2D eigenvalue weighted by Crippen LogP contribution is -1.56. The van der Waals surface area contributed by atoms with E-state index in [1.165, 1.54) is 6.42 Å². The molecule has 0 saturated heterocycles. The molecule has 2 rings (SSSR count). The molecule has 10 heavy (non-hydrogen) atoms. The largest absolute Gasteiger partial charge is 0.508 e. The summed E-state index contributed by atoms with van der Waals surface area (Å²) < 4.78 is 0. The maximum absolute atomic E-state index is 8.63. The van der Waals surface area contributed by atoms with Crippen molar-refractivity contribution in [2.75, 3.05) is 0 Å². The molecule has 0 aliphatic heterocycles. The lowest BCUT2D eigenvalue weighted by atomic mass is 10.3. The molecule has 0 aromatic heterocycles. The van der Waals surface area contributed by atoms with E-state index in [1.807, 2.05) is 6.07 Å². The van der Waals surface area contributed by atoms with Crippen LogP contribution in [0.5, 0.6) is 5.75 Å². The molecule has 0 heterocycles. The maximum atomic E-state index is 8.63. The first-order chi connectivity index (χ1) is 4.89. The molecule has 0 atom stereocenters. The van der Waals surface area contributed by atoms with Gasteiger partial charge in [0.1, 0.15) is 5.75 Å². The third-order valence-corrected chi connectivity index (χ3v) is 0.992. The highest BCUT2D eigenvalue weighted by molar-refractivity contribution is 5.18. The van der Waals surface area contributed by atoms with Gasteiger partial charge in [0.25, 0.3) is 0 Å². The van der Waals surface area contributed by atoms with Crippen LogP contribution in [0.4, 0.5) is 0 Å². The van der Waals surface area contributed by atoms with Gasteiger partial charge in [0.2, 0.25) is 0 Å². The van der Waals surface area contributed by atoms with Gasteiger partial charge >= 0.3 is 0 Å². The van der Waals surface area contributed by atoms with Gasteiger partial charge in [-0.1, -0.05) is 30.4 Å². The second kappa shape index (κ2) is 3.72. The Morgan fingerprint density at radius 2 is 1.50 bits per heavy atom. The number of aromatic hydroxyl groups is 1. The third kappa shape index (κ3) is 3.72. The second-order valence-electron chi connectivity index (χ2n) is 2.04. The molecular weight excluding hydrogens is 124 g/mol. The maximum Gasteiger partial charge on any atom is 0.115 e. The van der Waals surface area contributed by atoms with E-state index < -0.39 is 0 Å². The van der Waals surface area contributed by atoms with E-state index in [2.05, 4.69) is 12.2 Å². The standard InChI is InChI=1S/C6H6O.C3H4/c7-6-4-2-1-3-5-6;1-2-3-1/h1-5,7H;1-2H,3H2. The zero-order chi connectivity index (χ0) is 7.23. The Bertz CT molecular complexity index is 197. The molecule has 0 fully saturated rings. The minimum absolute atomic E-state index is 0.322. The fraction of sp³-hybridized carbons (Fsp3) is 0.111. The van der Waals surface area contributed by atoms with Crippen molar-refractivity contribution in [2.24, 2.45) is 0 Å². The van der Waals surface area contributed by atoms with Crippen LogP contribution in [0.15, 0.2) is 42.5 Å². The van der Waals surface area contributed by atoms with Crippen LogP contribution in [-0.2, 0) is 0 Å². The van der Waals surface area contributed by atoms with Crippen molar-refractivity contribution in [1.29, 1.82) is 0 Å². The fourth-order valence-electron chi connectivity index (χ4n) is 0.428. The Hall–Kier alpha value is -1.24. The minimum Gasteiger partial charge on any atom is -0.508 e. The molecule has 0 unspecified atom stereocenters. The summed E-state index contributed by atoms with van der Waals surface area (Å²) in [6.45, 7) is 0. The number of rotatable bonds is 0. The molecule has 1 heteroatoms. The minimum atomic E-state index is 0.322. The summed E-state index contributed by atoms with van der Waals surface area (Å²) in [6, 6.07) is 8.71. The van der Waals surface area contributed by atoms with Crippen molar-refractivity contribution in [3.63, 3.8) is 0 Å². The van der Waals surface area contributed by atoms with Crippen LogP contribution in [0.3, 0.4) is 0 Å². The summed E-state index contributed by atoms with van der Waals surface area (Å²) in [5.41, 5.74) is 0. The lowest BCUT2D eigenvalue weighted by Gasteiger charge is -1.82. The van der Waals surface area contributed by atoms with Gasteiger partial charge in [-0.15, -0.1) is 0 Å². The molecule has 0 saturated carbocycles. The number of para-hydroxylation sites is 1. The molecule has 0 spiro atoms. The fourth-order valence-corrected chi connectivity index (χ4v) is 0.428. The number of hydrogen-bond acceptors (Lipinski definition) is 1. The van der Waals surface area contributed by atoms with Gasteiger partial charge in [-0.05, 0) is 18.6 Å². The third-order valence-electron chi connectivity index (χ3n) is 0.992. The average molecular weight is 134 g/mol. The van der Waals surface area contributed by atoms with E-state index in [4.69, 9.17) is 5.11 Å². The highest BCUT2D eigenvalue weighted by atomic mass is 16.3. The van der Waals surface area contributed by atoms with Crippen molar-refractivity contribution in [2.45, 2.75) is 6.42 Å². The molecule has 0 amide bonds. The monoisotopic (exact) mass is 134 g/mol. The Kier molecular flexibility index (Phi) is 2.56. The van der Waals surface area contributed by atoms with Gasteiger partial charge in [0.15, 0.2) is 0 Å². The predicted molar refractivity (Wildman–Crippen MR) is 41.9 cm³/mol. The van der Waals surface area contributed by atoms with Gasteiger partial charge in [0, 0.05) is 0 Å². The summed E-state index contributed by atoms with van der Waals surface area (Å²) in [5.74, 6) is 0.322. The molecule has 1 nitrogen and oxygen atoms in total. The van der Waals surface area contributed by atoms with Gasteiger partial charge in [-0.25, -0.2) is 0 Å². The SMILES string of the molecule is C1=CC1.Oc1ccccc1. The average Bonchev–Trinajstić information content (AvgIpc) is 2.73. The summed E-state index contributed by atoms with van der Waals surface area (Å²) >= 11 is 0. The first-order valence-corrected chi connectivity index (χ1v) is 3.28. The van der Waals surface area contributed by atoms with E-state index in [1.54, 1.807) is 24.3 Å². The van der Waals surface area contributed by atoms with Crippen molar-refractivity contribution in [3.05, 3.63) is 42.5 Å². The molecular formula is C9H10O. The topological polar surface area (TPSA) is 20.2 Å². The highest BCUT2D eigenvalue weighted by Crippen LogP contribution is 2.02. The van der Waals surface area contributed by atoms with E-state index >= 15 is 0 Å². The summed E-state index contributed by atoms with van der Waals surface area (Å²) in [7, 11) is 0. The molecule has 1 aromatic carbocycles. The summed E-state index contributed by atoms with van der Waals surface area (Å²) in [4.78, 5) is 0. The summed E-state index contributed by atoms with van der Waals surface area (Å²) in [6.07, 6.45) is 5.50. The van der Waals surface area contributed by atoms with Crippen molar-refractivity contribution >= 4 is 0 Å². The molecule has 1 aliphatic rings. The molecule has 1 N–H and O–H groups in total. The van der Waals surface area contributed by atoms with Crippen LogP contribution < -0.4 is 0 Å². The van der Waals surface area contributed by atoms with Gasteiger partial charge in [0.05, 0.1) is 0 Å². The molecule has 1 aromatic rings. The molecule has 1 aliphatic carbocycles. The zero-order valence-electron chi connectivity index (χ0n) is 5.70. The first-order valence-electron chi connectivity index (χ1n) is 3.28. The van der Waals surface area contributed by atoms with E-state index in [0.29, 0.717) is 5.75 Å². The normalized spacial score (nSPS) is 11.6. The Morgan fingerprint density at radius 1 is 1.00 bits per heavy atom. The Morgan fingerprint density at radius 3 is 1.70 bits per heavy atom. The molecule has 52 valence electrons. The van der Waals surface area contributed by atoms with Crippen LogP contribution in [0.2, 0.25) is 0 Å². The Labute approximate surface area is 60.6 Å². The molecule has 0 bridgehead atoms. The number of benzene rings is 1. The lowest BCUT2D eigenvalue weighted by molar-refractivity contribution is 0.475. The highest BCUT2D eigenvalue weighted by Gasteiger charge is 1.75. The van der Waals surface area contributed by atoms with Gasteiger partial charge in [-0.2, -0.15) is 0 Å². The number of phenols is 1. The number of hydrogen-bond donors (Lipinski definition) is 1. The van der Waals surface area contributed by atoms with E-state index in [0.717, 1.165) is 0 Å². The number of allylic oxidation sites excluding steroid dienone is 2. The van der Waals surface area contributed by atoms with Crippen LogP contribution in [-0.4, -0.2) is 5.11 Å². The van der Waals surface area contributed by atoms with Crippen LogP contribution in [0, 0.1) is 0 Å². The Balaban J connectivity index is 0.000000138. The van der Waals surface area contributed by atoms with E-state index in [9.17, 15) is 0 Å². The predicted octanol–water partition coefficient (Wildman–Crippen LogP) is 2.34. The number of phenolic OH excluding ortho intramolecular Hbond substituents is 1. The van der Waals surface area contributed by atoms with Crippen molar-refractivity contribution in [3.8, 4) is 5.75 Å². The van der Waals surface area contributed by atoms with Crippen LogP contribution in [0.25, 0.3) is 0 Å². The second-order valence-corrected chi connectivity index (χ2v) is 2.04. The van der Waals surface area contributed by atoms with Crippen molar-refractivity contribution in [1.82, 2.24) is 0 Å². The molecule has 0 radical (unpaired) electrons. The summed E-state index contributed by atoms with van der Waals surface area (Å²) in [5, 5.41) is 8.63. The van der Waals surface area contributed by atoms with Crippen LogP contribution in [0.1, 0.15) is 6.42 Å². The van der Waals surface area contributed by atoms with E-state index in [-0.39, 0.29) is 0 Å². The quantitative estimate of drug-likeness (QED) is 0.540. The first kappa shape index (κ1) is 6.87. The zero-order valence-corrected chi connectivity index (χ0v) is 5.70. The van der Waals surface area contributed by atoms with Gasteiger partial charge < -0.3 is 5.11 Å². The van der Waals surface area contributed by atoms with Crippen LogP contribution >= 0.6 is 0 Å². The van der Waals surface area contributed by atoms with Crippen molar-refractivity contribution < 1.29 is 5.11 Å². The smallest absolute Gasteiger partial charge is 0.115 e.